The number of pyridine rings is 1. The van der Waals surface area contributed by atoms with Crippen molar-refractivity contribution < 1.29 is 4.74 Å². The van der Waals surface area contributed by atoms with Crippen LogP contribution >= 0.6 is 0 Å². The van der Waals surface area contributed by atoms with Gasteiger partial charge in [0.2, 0.25) is 5.95 Å². The first-order chi connectivity index (χ1) is 13.1. The number of ether oxygens (including phenoxy) is 1. The molecule has 0 aliphatic heterocycles. The van der Waals surface area contributed by atoms with Crippen LogP contribution in [0.25, 0.3) is 10.9 Å². The maximum atomic E-state index is 5.39. The van der Waals surface area contributed by atoms with Gasteiger partial charge >= 0.3 is 0 Å². The van der Waals surface area contributed by atoms with E-state index in [1.54, 1.807) is 12.4 Å². The van der Waals surface area contributed by atoms with Crippen molar-refractivity contribution in [3.63, 3.8) is 0 Å². The zero-order chi connectivity index (χ0) is 19.2. The van der Waals surface area contributed by atoms with E-state index in [4.69, 9.17) is 9.72 Å². The standard InChI is InChI=1S/C21H27N5O/c1-5-26(6-2)20-17(11-16-10-15(4)8-9-19(16)25-20)12-22-21-23-13-18(14-24-21)27-7-3/h8-11,13-14H,5-7,12H2,1-4H3,(H,22,23,24). The summed E-state index contributed by atoms with van der Waals surface area (Å²) in [7, 11) is 0. The minimum Gasteiger partial charge on any atom is -0.491 e. The SMILES string of the molecule is CCOc1cnc(NCc2cc3cc(C)ccc3nc2N(CC)CC)nc1. The highest BCUT2D eigenvalue weighted by molar-refractivity contribution is 5.82. The van der Waals surface area contributed by atoms with E-state index in [0.717, 1.165) is 35.4 Å². The van der Waals surface area contributed by atoms with Crippen LogP contribution in [0.1, 0.15) is 31.9 Å². The molecule has 0 saturated carbocycles. The number of aryl methyl sites for hydroxylation is 1. The van der Waals surface area contributed by atoms with Crippen LogP contribution in [0, 0.1) is 6.92 Å². The Bertz CT molecular complexity index is 891. The molecular formula is C21H27N5O. The molecule has 2 heterocycles. The second-order valence-corrected chi connectivity index (χ2v) is 6.37. The molecule has 0 saturated heterocycles. The molecule has 27 heavy (non-hydrogen) atoms. The predicted molar refractivity (Wildman–Crippen MR) is 111 cm³/mol. The van der Waals surface area contributed by atoms with Gasteiger partial charge in [-0.1, -0.05) is 11.6 Å². The number of fused-ring (bicyclic) bond motifs is 1. The summed E-state index contributed by atoms with van der Waals surface area (Å²) in [5.74, 6) is 2.26. The Morgan fingerprint density at radius 3 is 2.44 bits per heavy atom. The molecule has 0 aliphatic carbocycles. The molecule has 2 aromatic heterocycles. The normalized spacial score (nSPS) is 10.8. The third-order valence-electron chi connectivity index (χ3n) is 4.47. The molecule has 0 spiro atoms. The second kappa shape index (κ2) is 8.66. The van der Waals surface area contributed by atoms with E-state index in [-0.39, 0.29) is 0 Å². The van der Waals surface area contributed by atoms with Crippen LogP contribution in [0.15, 0.2) is 36.7 Å². The Balaban J connectivity index is 1.89. The Morgan fingerprint density at radius 2 is 1.78 bits per heavy atom. The van der Waals surface area contributed by atoms with Gasteiger partial charge in [-0.2, -0.15) is 0 Å². The summed E-state index contributed by atoms with van der Waals surface area (Å²) in [6.45, 7) is 11.4. The average molecular weight is 365 g/mol. The van der Waals surface area contributed by atoms with Crippen molar-refractivity contribution in [3.8, 4) is 5.75 Å². The van der Waals surface area contributed by atoms with Crippen LogP contribution in [-0.4, -0.2) is 34.6 Å². The lowest BCUT2D eigenvalue weighted by molar-refractivity contribution is 0.337. The molecule has 0 atom stereocenters. The van der Waals surface area contributed by atoms with Gasteiger partial charge in [0.15, 0.2) is 5.75 Å². The lowest BCUT2D eigenvalue weighted by atomic mass is 10.1. The van der Waals surface area contributed by atoms with E-state index in [2.05, 4.69) is 65.2 Å². The van der Waals surface area contributed by atoms with Crippen LogP contribution in [0.5, 0.6) is 5.75 Å². The van der Waals surface area contributed by atoms with E-state index in [9.17, 15) is 0 Å². The average Bonchev–Trinajstić information content (AvgIpc) is 2.68. The van der Waals surface area contributed by atoms with Crippen molar-refractivity contribution >= 4 is 22.7 Å². The summed E-state index contributed by atoms with van der Waals surface area (Å²) in [6, 6.07) is 8.58. The van der Waals surface area contributed by atoms with E-state index in [0.29, 0.717) is 24.8 Å². The van der Waals surface area contributed by atoms with Crippen molar-refractivity contribution in [2.45, 2.75) is 34.2 Å². The number of anilines is 2. The lowest BCUT2D eigenvalue weighted by Crippen LogP contribution is -2.25. The Kier molecular flexibility index (Phi) is 6.06. The van der Waals surface area contributed by atoms with Crippen LogP contribution in [0.2, 0.25) is 0 Å². The molecule has 0 aliphatic rings. The minimum absolute atomic E-state index is 0.577. The second-order valence-electron chi connectivity index (χ2n) is 6.37. The molecule has 3 aromatic rings. The number of nitrogens with one attached hydrogen (secondary N) is 1. The van der Waals surface area contributed by atoms with Gasteiger partial charge in [0.25, 0.3) is 0 Å². The summed E-state index contributed by atoms with van der Waals surface area (Å²) in [5, 5.41) is 4.46. The smallest absolute Gasteiger partial charge is 0.223 e. The van der Waals surface area contributed by atoms with Crippen molar-refractivity contribution in [1.29, 1.82) is 0 Å². The third kappa shape index (κ3) is 4.45. The van der Waals surface area contributed by atoms with Gasteiger partial charge in [-0.3, -0.25) is 0 Å². The molecule has 3 rings (SSSR count). The maximum absolute atomic E-state index is 5.39. The van der Waals surface area contributed by atoms with Gasteiger partial charge < -0.3 is 15.0 Å². The van der Waals surface area contributed by atoms with Crippen LogP contribution in [0.4, 0.5) is 11.8 Å². The summed E-state index contributed by atoms with van der Waals surface area (Å²) in [4.78, 5) is 15.9. The van der Waals surface area contributed by atoms with Gasteiger partial charge in [-0.25, -0.2) is 15.0 Å². The fourth-order valence-electron chi connectivity index (χ4n) is 3.08. The van der Waals surface area contributed by atoms with Crippen molar-refractivity contribution in [3.05, 3.63) is 47.8 Å². The summed E-state index contributed by atoms with van der Waals surface area (Å²) < 4.78 is 5.39. The number of rotatable bonds is 8. The first-order valence-corrected chi connectivity index (χ1v) is 9.48. The van der Waals surface area contributed by atoms with E-state index in [1.807, 2.05) is 6.92 Å². The minimum atomic E-state index is 0.577. The van der Waals surface area contributed by atoms with E-state index < -0.39 is 0 Å². The summed E-state index contributed by atoms with van der Waals surface area (Å²) in [6.07, 6.45) is 3.37. The van der Waals surface area contributed by atoms with Gasteiger partial charge in [0.05, 0.1) is 24.5 Å². The van der Waals surface area contributed by atoms with Gasteiger partial charge in [0.1, 0.15) is 5.82 Å². The molecule has 6 heteroatoms. The molecule has 0 fully saturated rings. The van der Waals surface area contributed by atoms with Crippen LogP contribution < -0.4 is 15.0 Å². The zero-order valence-electron chi connectivity index (χ0n) is 16.5. The molecule has 0 unspecified atom stereocenters. The molecule has 1 N–H and O–H groups in total. The largest absolute Gasteiger partial charge is 0.491 e. The van der Waals surface area contributed by atoms with E-state index >= 15 is 0 Å². The topological polar surface area (TPSA) is 63.2 Å². The summed E-state index contributed by atoms with van der Waals surface area (Å²) >= 11 is 0. The van der Waals surface area contributed by atoms with Crippen LogP contribution in [-0.2, 0) is 6.54 Å². The monoisotopic (exact) mass is 365 g/mol. The van der Waals surface area contributed by atoms with Crippen molar-refractivity contribution in [2.75, 3.05) is 29.9 Å². The Morgan fingerprint density at radius 1 is 1.04 bits per heavy atom. The fraction of sp³-hybridized carbons (Fsp3) is 0.381. The first kappa shape index (κ1) is 18.9. The maximum Gasteiger partial charge on any atom is 0.223 e. The van der Waals surface area contributed by atoms with Gasteiger partial charge in [-0.05, 0) is 45.9 Å². The molecule has 0 radical (unpaired) electrons. The zero-order valence-corrected chi connectivity index (χ0v) is 16.5. The number of hydrogen-bond acceptors (Lipinski definition) is 6. The number of nitrogens with zero attached hydrogens (tertiary/aromatic N) is 4. The third-order valence-corrected chi connectivity index (χ3v) is 4.47. The fourth-order valence-corrected chi connectivity index (χ4v) is 3.08. The van der Waals surface area contributed by atoms with Crippen molar-refractivity contribution in [1.82, 2.24) is 15.0 Å². The van der Waals surface area contributed by atoms with Crippen molar-refractivity contribution in [2.24, 2.45) is 0 Å². The van der Waals surface area contributed by atoms with Gasteiger partial charge in [-0.15, -0.1) is 0 Å². The predicted octanol–water partition coefficient (Wildman–Crippen LogP) is 4.19. The lowest BCUT2D eigenvalue weighted by Gasteiger charge is -2.23. The highest BCUT2D eigenvalue weighted by Gasteiger charge is 2.13. The first-order valence-electron chi connectivity index (χ1n) is 9.48. The Hall–Kier alpha value is -2.89. The molecule has 142 valence electrons. The molecule has 1 aromatic carbocycles. The number of hydrogen-bond donors (Lipinski definition) is 1. The molecule has 0 bridgehead atoms. The van der Waals surface area contributed by atoms with Gasteiger partial charge in [0, 0.05) is 30.6 Å². The summed E-state index contributed by atoms with van der Waals surface area (Å²) in [5.41, 5.74) is 3.38. The molecule has 0 amide bonds. The Labute approximate surface area is 160 Å². The quantitative estimate of drug-likeness (QED) is 0.646. The highest BCUT2D eigenvalue weighted by Crippen LogP contribution is 2.25. The molecular weight excluding hydrogens is 338 g/mol. The highest BCUT2D eigenvalue weighted by atomic mass is 16.5. The number of aromatic nitrogens is 3. The van der Waals surface area contributed by atoms with E-state index in [1.165, 1.54) is 5.56 Å². The van der Waals surface area contributed by atoms with Crippen LogP contribution in [0.3, 0.4) is 0 Å². The number of benzene rings is 1. The molecule has 6 nitrogen and oxygen atoms in total.